The molecule has 2 saturated heterocycles. The van der Waals surface area contributed by atoms with Crippen molar-refractivity contribution in [1.29, 1.82) is 0 Å². The van der Waals surface area contributed by atoms with E-state index in [4.69, 9.17) is 9.84 Å². The molecule has 128 valence electrons. The minimum absolute atomic E-state index is 0.0460. The van der Waals surface area contributed by atoms with Crippen LogP contribution in [0.5, 0.6) is 0 Å². The minimum atomic E-state index is -0.944. The molecule has 3 aliphatic rings. The molecule has 1 spiro atoms. The quantitative estimate of drug-likeness (QED) is 0.887. The minimum Gasteiger partial charge on any atom is -0.478 e. The molecular formula is C18H22N2O4. The maximum atomic E-state index is 12.5. The van der Waals surface area contributed by atoms with E-state index in [-0.39, 0.29) is 23.2 Å². The molecule has 2 amide bonds. The number of carbonyl (C=O) groups is 2. The van der Waals surface area contributed by atoms with E-state index in [1.165, 1.54) is 12.8 Å². The van der Waals surface area contributed by atoms with Crippen molar-refractivity contribution < 1.29 is 19.4 Å². The van der Waals surface area contributed by atoms with E-state index in [0.717, 1.165) is 25.0 Å². The Bertz CT molecular complexity index is 647. The van der Waals surface area contributed by atoms with Crippen molar-refractivity contribution in [3.05, 3.63) is 35.4 Å². The second kappa shape index (κ2) is 5.77. The number of ether oxygens (including phenoxy) is 1. The van der Waals surface area contributed by atoms with E-state index in [0.29, 0.717) is 19.0 Å². The van der Waals surface area contributed by atoms with Crippen molar-refractivity contribution in [1.82, 2.24) is 10.2 Å². The molecule has 2 aliphatic heterocycles. The lowest BCUT2D eigenvalue weighted by Gasteiger charge is -2.55. The van der Waals surface area contributed by atoms with Gasteiger partial charge in [0.05, 0.1) is 18.2 Å². The molecule has 2 heterocycles. The van der Waals surface area contributed by atoms with Crippen LogP contribution in [0, 0.1) is 5.92 Å². The van der Waals surface area contributed by atoms with Crippen LogP contribution in [0.25, 0.3) is 0 Å². The fourth-order valence-electron chi connectivity index (χ4n) is 4.07. The lowest BCUT2D eigenvalue weighted by atomic mass is 9.78. The molecule has 6 nitrogen and oxygen atoms in total. The number of nitrogens with zero attached hydrogens (tertiary/aromatic N) is 1. The van der Waals surface area contributed by atoms with Crippen LogP contribution in [0.2, 0.25) is 0 Å². The zero-order valence-corrected chi connectivity index (χ0v) is 13.5. The van der Waals surface area contributed by atoms with Gasteiger partial charge in [-0.2, -0.15) is 0 Å². The molecule has 3 fully saturated rings. The smallest absolute Gasteiger partial charge is 0.335 e. The third-order valence-corrected chi connectivity index (χ3v) is 5.42. The Hall–Kier alpha value is -2.08. The second-order valence-corrected chi connectivity index (χ2v) is 7.09. The summed E-state index contributed by atoms with van der Waals surface area (Å²) in [6.45, 7) is 1.91. The number of aromatic carboxylic acids is 1. The molecule has 0 bridgehead atoms. The lowest BCUT2D eigenvalue weighted by molar-refractivity contribution is -0.147. The lowest BCUT2D eigenvalue weighted by Crippen LogP contribution is -2.73. The summed E-state index contributed by atoms with van der Waals surface area (Å²) < 4.78 is 5.99. The van der Waals surface area contributed by atoms with Crippen LogP contribution in [0.15, 0.2) is 24.3 Å². The third kappa shape index (κ3) is 2.65. The van der Waals surface area contributed by atoms with Gasteiger partial charge in [0.1, 0.15) is 5.60 Å². The number of hydrogen-bond donors (Lipinski definition) is 2. The van der Waals surface area contributed by atoms with Gasteiger partial charge in [-0.15, -0.1) is 0 Å². The molecule has 0 radical (unpaired) electrons. The van der Waals surface area contributed by atoms with Crippen molar-refractivity contribution in [2.24, 2.45) is 5.92 Å². The highest BCUT2D eigenvalue weighted by molar-refractivity contribution is 5.87. The Balaban J connectivity index is 1.35. The maximum absolute atomic E-state index is 12.5. The normalized spacial score (nSPS) is 28.7. The van der Waals surface area contributed by atoms with Crippen molar-refractivity contribution in [3.8, 4) is 0 Å². The number of likely N-dealkylation sites (tertiary alicyclic amines) is 1. The summed E-state index contributed by atoms with van der Waals surface area (Å²) in [4.78, 5) is 25.3. The first kappa shape index (κ1) is 15.4. The molecule has 2 unspecified atom stereocenters. The Morgan fingerprint density at radius 3 is 2.62 bits per heavy atom. The second-order valence-electron chi connectivity index (χ2n) is 7.09. The van der Waals surface area contributed by atoms with E-state index in [1.54, 1.807) is 24.3 Å². The molecule has 1 aromatic rings. The number of carboxylic acids is 1. The largest absolute Gasteiger partial charge is 0.478 e. The predicted molar refractivity (Wildman–Crippen MR) is 86.8 cm³/mol. The van der Waals surface area contributed by atoms with Gasteiger partial charge in [-0.1, -0.05) is 12.1 Å². The van der Waals surface area contributed by atoms with Crippen LogP contribution in [-0.2, 0) is 11.3 Å². The molecule has 4 rings (SSSR count). The number of hydrogen-bond acceptors (Lipinski definition) is 3. The standard InChI is InChI=1S/C18H22N2O4/c21-16(22)14-4-2-12(3-5-14)10-19-17(23)20-11-18(8-1-9-24-18)15(20)13-6-7-13/h2-5,13,15H,1,6-11H2,(H,19,23)(H,21,22). The van der Waals surface area contributed by atoms with Crippen molar-refractivity contribution in [2.45, 2.75) is 43.9 Å². The van der Waals surface area contributed by atoms with E-state index in [2.05, 4.69) is 5.32 Å². The van der Waals surface area contributed by atoms with Crippen LogP contribution in [0.4, 0.5) is 4.79 Å². The number of nitrogens with one attached hydrogen (secondary N) is 1. The van der Waals surface area contributed by atoms with E-state index in [1.807, 2.05) is 4.90 Å². The summed E-state index contributed by atoms with van der Waals surface area (Å²) in [6.07, 6.45) is 4.54. The number of carboxylic acid groups (broad SMARTS) is 1. The summed E-state index contributed by atoms with van der Waals surface area (Å²) in [7, 11) is 0. The first-order valence-corrected chi connectivity index (χ1v) is 8.60. The fourth-order valence-corrected chi connectivity index (χ4v) is 4.07. The first-order chi connectivity index (χ1) is 11.6. The summed E-state index contributed by atoms with van der Waals surface area (Å²) in [6, 6.07) is 6.77. The van der Waals surface area contributed by atoms with Gasteiger partial charge in [0.2, 0.25) is 0 Å². The molecule has 0 aromatic heterocycles. The summed E-state index contributed by atoms with van der Waals surface area (Å²) >= 11 is 0. The molecule has 1 aliphatic carbocycles. The number of carbonyl (C=O) groups excluding carboxylic acids is 1. The van der Waals surface area contributed by atoms with Crippen LogP contribution >= 0.6 is 0 Å². The number of rotatable bonds is 4. The van der Waals surface area contributed by atoms with Gasteiger partial charge < -0.3 is 20.1 Å². The molecule has 6 heteroatoms. The van der Waals surface area contributed by atoms with Crippen molar-refractivity contribution in [2.75, 3.05) is 13.2 Å². The van der Waals surface area contributed by atoms with Gasteiger partial charge in [0.15, 0.2) is 0 Å². The predicted octanol–water partition coefficient (Wildman–Crippen LogP) is 2.24. The molecule has 2 N–H and O–H groups in total. The van der Waals surface area contributed by atoms with Gasteiger partial charge in [-0.3, -0.25) is 0 Å². The Kier molecular flexibility index (Phi) is 3.72. The van der Waals surface area contributed by atoms with Gasteiger partial charge in [0.25, 0.3) is 0 Å². The average Bonchev–Trinajstić information content (AvgIpc) is 3.24. The topological polar surface area (TPSA) is 78.9 Å². The fraction of sp³-hybridized carbons (Fsp3) is 0.556. The molecule has 24 heavy (non-hydrogen) atoms. The third-order valence-electron chi connectivity index (χ3n) is 5.42. The molecular weight excluding hydrogens is 308 g/mol. The first-order valence-electron chi connectivity index (χ1n) is 8.60. The van der Waals surface area contributed by atoms with E-state index < -0.39 is 5.97 Å². The monoisotopic (exact) mass is 330 g/mol. The Morgan fingerprint density at radius 1 is 1.29 bits per heavy atom. The summed E-state index contributed by atoms with van der Waals surface area (Å²) in [5.41, 5.74) is 1.06. The molecule has 1 saturated carbocycles. The maximum Gasteiger partial charge on any atom is 0.335 e. The number of urea groups is 1. The highest BCUT2D eigenvalue weighted by Crippen LogP contribution is 2.51. The highest BCUT2D eigenvalue weighted by Gasteiger charge is 2.61. The van der Waals surface area contributed by atoms with Crippen molar-refractivity contribution >= 4 is 12.0 Å². The molecule has 1 aromatic carbocycles. The average molecular weight is 330 g/mol. The summed E-state index contributed by atoms with van der Waals surface area (Å²) in [5.74, 6) is -0.349. The van der Waals surface area contributed by atoms with Gasteiger partial charge >= 0.3 is 12.0 Å². The van der Waals surface area contributed by atoms with Crippen LogP contribution < -0.4 is 5.32 Å². The zero-order valence-electron chi connectivity index (χ0n) is 13.5. The number of amides is 2. The van der Waals surface area contributed by atoms with Gasteiger partial charge in [-0.05, 0) is 49.3 Å². The molecule has 2 atom stereocenters. The Morgan fingerprint density at radius 2 is 2.04 bits per heavy atom. The van der Waals surface area contributed by atoms with E-state index >= 15 is 0 Å². The van der Waals surface area contributed by atoms with Gasteiger partial charge in [-0.25, -0.2) is 9.59 Å². The number of benzene rings is 1. The van der Waals surface area contributed by atoms with E-state index in [9.17, 15) is 9.59 Å². The SMILES string of the molecule is O=C(O)c1ccc(CNC(=O)N2CC3(CCCO3)C2C2CC2)cc1. The Labute approximate surface area is 140 Å². The highest BCUT2D eigenvalue weighted by atomic mass is 16.5. The van der Waals surface area contributed by atoms with Gasteiger partial charge in [0, 0.05) is 13.2 Å². The summed E-state index contributed by atoms with van der Waals surface area (Å²) in [5, 5.41) is 11.9. The van der Waals surface area contributed by atoms with Crippen LogP contribution in [-0.4, -0.2) is 46.8 Å². The zero-order chi connectivity index (χ0) is 16.7. The van der Waals surface area contributed by atoms with Crippen molar-refractivity contribution in [3.63, 3.8) is 0 Å². The van der Waals surface area contributed by atoms with Crippen LogP contribution in [0.3, 0.4) is 0 Å². The van der Waals surface area contributed by atoms with Crippen LogP contribution in [0.1, 0.15) is 41.6 Å².